The lowest BCUT2D eigenvalue weighted by atomic mass is 9.70. The smallest absolute Gasteiger partial charge is 0.257 e. The third kappa shape index (κ3) is 5.92. The van der Waals surface area contributed by atoms with Crippen LogP contribution in [0.5, 0.6) is 0 Å². The van der Waals surface area contributed by atoms with Crippen LogP contribution in [0.15, 0.2) is 30.6 Å². The first-order chi connectivity index (χ1) is 18.6. The number of aryl methyl sites for hydroxylation is 2. The molecule has 39 heavy (non-hydrogen) atoms. The van der Waals surface area contributed by atoms with Crippen LogP contribution < -0.4 is 0 Å². The van der Waals surface area contributed by atoms with Crippen LogP contribution in [0.3, 0.4) is 0 Å². The second kappa shape index (κ2) is 11.0. The monoisotopic (exact) mass is 535 g/mol. The van der Waals surface area contributed by atoms with Crippen LogP contribution in [0.25, 0.3) is 0 Å². The van der Waals surface area contributed by atoms with Crippen molar-refractivity contribution in [2.75, 3.05) is 52.4 Å². The number of fused-ring (bicyclic) bond motifs is 1. The highest BCUT2D eigenvalue weighted by atomic mass is 19.1. The Balaban J connectivity index is 1.21. The third-order valence-corrected chi connectivity index (χ3v) is 9.40. The van der Waals surface area contributed by atoms with Crippen LogP contribution in [0.4, 0.5) is 4.39 Å². The van der Waals surface area contributed by atoms with E-state index in [1.54, 1.807) is 6.07 Å². The summed E-state index contributed by atoms with van der Waals surface area (Å²) in [5.41, 5.74) is 2.82. The Morgan fingerprint density at radius 1 is 1.05 bits per heavy atom. The fourth-order valence-corrected chi connectivity index (χ4v) is 7.13. The number of benzene rings is 1. The van der Waals surface area contributed by atoms with Crippen LogP contribution in [0.1, 0.15) is 60.4 Å². The molecule has 2 aromatic rings. The van der Waals surface area contributed by atoms with Crippen molar-refractivity contribution in [3.05, 3.63) is 58.9 Å². The fraction of sp³-hybridized carbons (Fsp3) is 0.613. The van der Waals surface area contributed by atoms with E-state index in [0.717, 1.165) is 94.9 Å². The molecule has 1 aromatic heterocycles. The summed E-state index contributed by atoms with van der Waals surface area (Å²) in [5, 5.41) is 0. The van der Waals surface area contributed by atoms with Gasteiger partial charge in [0, 0.05) is 38.1 Å². The van der Waals surface area contributed by atoms with Crippen LogP contribution in [-0.4, -0.2) is 89.2 Å². The molecule has 3 saturated heterocycles. The van der Waals surface area contributed by atoms with Gasteiger partial charge in [-0.05, 0) is 87.7 Å². The number of rotatable bonds is 8. The lowest BCUT2D eigenvalue weighted by Crippen LogP contribution is -2.47. The number of likely N-dealkylation sites (tertiary alicyclic amines) is 3. The second-order valence-corrected chi connectivity index (χ2v) is 12.8. The van der Waals surface area contributed by atoms with Crippen LogP contribution >= 0.6 is 0 Å². The molecule has 3 fully saturated rings. The SMILES string of the molecule is Cc1ncnc(C)c1C(=O)N1CC2CN(CCC3(c4cccc(F)c4)CCN(CC(C)(C)C=O)CC3)CC2C1. The first-order valence-electron chi connectivity index (χ1n) is 14.3. The molecule has 5 rings (SSSR count). The minimum atomic E-state index is -0.355. The quantitative estimate of drug-likeness (QED) is 0.478. The Hall–Kier alpha value is -2.71. The molecule has 0 bridgehead atoms. The Kier molecular flexibility index (Phi) is 7.89. The maximum Gasteiger partial charge on any atom is 0.257 e. The summed E-state index contributed by atoms with van der Waals surface area (Å²) in [4.78, 5) is 40.2. The third-order valence-electron chi connectivity index (χ3n) is 9.40. The molecule has 2 atom stereocenters. The van der Waals surface area contributed by atoms with Gasteiger partial charge in [-0.25, -0.2) is 14.4 Å². The number of carbonyl (C=O) groups is 2. The zero-order chi connectivity index (χ0) is 27.8. The van der Waals surface area contributed by atoms with Crippen molar-refractivity contribution < 1.29 is 14.0 Å². The molecule has 4 heterocycles. The number of amides is 1. The predicted molar refractivity (Wildman–Crippen MR) is 149 cm³/mol. The molecule has 0 spiro atoms. The van der Waals surface area contributed by atoms with Crippen molar-refractivity contribution in [3.63, 3.8) is 0 Å². The Bertz CT molecular complexity index is 1170. The number of halogens is 1. The molecular weight excluding hydrogens is 493 g/mol. The topological polar surface area (TPSA) is 69.6 Å². The number of carbonyl (C=O) groups excluding carboxylic acids is 2. The second-order valence-electron chi connectivity index (χ2n) is 12.8. The van der Waals surface area contributed by atoms with Crippen molar-refractivity contribution in [1.29, 1.82) is 0 Å². The van der Waals surface area contributed by atoms with E-state index in [2.05, 4.69) is 25.8 Å². The van der Waals surface area contributed by atoms with Gasteiger partial charge in [-0.15, -0.1) is 0 Å². The van der Waals surface area contributed by atoms with Crippen molar-refractivity contribution in [2.45, 2.75) is 52.4 Å². The van der Waals surface area contributed by atoms with E-state index in [0.29, 0.717) is 17.4 Å². The van der Waals surface area contributed by atoms with E-state index in [9.17, 15) is 14.0 Å². The number of piperidine rings is 1. The molecule has 3 aliphatic rings. The van der Waals surface area contributed by atoms with E-state index >= 15 is 0 Å². The van der Waals surface area contributed by atoms with Gasteiger partial charge >= 0.3 is 0 Å². The van der Waals surface area contributed by atoms with Crippen LogP contribution in [0, 0.1) is 36.9 Å². The maximum atomic E-state index is 14.3. The molecule has 7 nitrogen and oxygen atoms in total. The summed E-state index contributed by atoms with van der Waals surface area (Å²) in [5.74, 6) is 0.848. The zero-order valence-electron chi connectivity index (χ0n) is 23.8. The highest BCUT2D eigenvalue weighted by Crippen LogP contribution is 2.41. The lowest BCUT2D eigenvalue weighted by molar-refractivity contribution is -0.115. The van der Waals surface area contributed by atoms with Gasteiger partial charge in [0.05, 0.1) is 17.0 Å². The molecule has 210 valence electrons. The van der Waals surface area contributed by atoms with Gasteiger partial charge in [0.15, 0.2) is 0 Å². The largest absolute Gasteiger partial charge is 0.338 e. The van der Waals surface area contributed by atoms with Gasteiger partial charge in [-0.1, -0.05) is 26.0 Å². The van der Waals surface area contributed by atoms with Gasteiger partial charge in [-0.2, -0.15) is 0 Å². The zero-order valence-corrected chi connectivity index (χ0v) is 23.8. The van der Waals surface area contributed by atoms with Crippen LogP contribution in [-0.2, 0) is 10.2 Å². The Morgan fingerprint density at radius 2 is 1.69 bits per heavy atom. The van der Waals surface area contributed by atoms with E-state index in [4.69, 9.17) is 0 Å². The number of aromatic nitrogens is 2. The predicted octanol–water partition coefficient (Wildman–Crippen LogP) is 3.89. The van der Waals surface area contributed by atoms with Gasteiger partial charge in [0.2, 0.25) is 0 Å². The van der Waals surface area contributed by atoms with E-state index in [1.807, 2.05) is 38.7 Å². The van der Waals surface area contributed by atoms with Gasteiger partial charge in [0.1, 0.15) is 18.4 Å². The van der Waals surface area contributed by atoms with Crippen LogP contribution in [0.2, 0.25) is 0 Å². The molecule has 0 aliphatic carbocycles. The molecule has 1 amide bonds. The van der Waals surface area contributed by atoms with Gasteiger partial charge in [0.25, 0.3) is 5.91 Å². The minimum absolute atomic E-state index is 0.0566. The number of hydrogen-bond acceptors (Lipinski definition) is 6. The standard InChI is InChI=1S/C31H42FN5O2/c1-22-28(23(2)34-21-33-22)29(39)37-17-24-15-36(16-25(24)18-37)13-10-31(26-6-5-7-27(32)14-26)8-11-35(12-9-31)19-30(3,4)20-38/h5-7,14,20-21,24-25H,8-13,15-19H2,1-4H3. The first kappa shape index (κ1) is 27.8. The molecule has 3 aliphatic heterocycles. The first-order valence-corrected chi connectivity index (χ1v) is 14.3. The normalized spacial score (nSPS) is 23.7. The van der Waals surface area contributed by atoms with E-state index in [-0.39, 0.29) is 22.6 Å². The average Bonchev–Trinajstić information content (AvgIpc) is 3.47. The number of hydrogen-bond donors (Lipinski definition) is 0. The summed E-state index contributed by atoms with van der Waals surface area (Å²) in [6, 6.07) is 7.18. The van der Waals surface area contributed by atoms with E-state index in [1.165, 1.54) is 12.4 Å². The molecule has 1 aromatic carbocycles. The lowest BCUT2D eigenvalue weighted by Gasteiger charge is -2.44. The van der Waals surface area contributed by atoms with Crippen molar-refractivity contribution in [1.82, 2.24) is 24.7 Å². The van der Waals surface area contributed by atoms with Crippen molar-refractivity contribution in [3.8, 4) is 0 Å². The van der Waals surface area contributed by atoms with Crippen molar-refractivity contribution in [2.24, 2.45) is 17.3 Å². The molecule has 0 N–H and O–H groups in total. The number of nitrogens with zero attached hydrogens (tertiary/aromatic N) is 5. The van der Waals surface area contributed by atoms with Gasteiger partial charge < -0.3 is 19.5 Å². The Labute approximate surface area is 231 Å². The highest BCUT2D eigenvalue weighted by molar-refractivity contribution is 5.96. The molecule has 2 unspecified atom stereocenters. The molecule has 0 radical (unpaired) electrons. The summed E-state index contributed by atoms with van der Waals surface area (Å²) in [6.07, 6.45) is 5.49. The Morgan fingerprint density at radius 3 is 2.28 bits per heavy atom. The summed E-state index contributed by atoms with van der Waals surface area (Å²) < 4.78 is 14.3. The number of aldehydes is 1. The minimum Gasteiger partial charge on any atom is -0.338 e. The summed E-state index contributed by atoms with van der Waals surface area (Å²) in [6.45, 7) is 14.9. The summed E-state index contributed by atoms with van der Waals surface area (Å²) in [7, 11) is 0. The summed E-state index contributed by atoms with van der Waals surface area (Å²) >= 11 is 0. The van der Waals surface area contributed by atoms with Crippen molar-refractivity contribution >= 4 is 12.2 Å². The fourth-order valence-electron chi connectivity index (χ4n) is 7.13. The van der Waals surface area contributed by atoms with E-state index < -0.39 is 0 Å². The molecule has 0 saturated carbocycles. The average molecular weight is 536 g/mol. The maximum absolute atomic E-state index is 14.3. The van der Waals surface area contributed by atoms with Gasteiger partial charge in [-0.3, -0.25) is 4.79 Å². The molecule has 8 heteroatoms. The highest BCUT2D eigenvalue weighted by Gasteiger charge is 2.43. The molecular formula is C31H42FN5O2.